The van der Waals surface area contributed by atoms with Crippen LogP contribution in [0.15, 0.2) is 65.2 Å². The van der Waals surface area contributed by atoms with Crippen LogP contribution in [0.25, 0.3) is 11.3 Å². The number of hydrogen-bond acceptors (Lipinski definition) is 6. The molecule has 2 amide bonds. The van der Waals surface area contributed by atoms with Gasteiger partial charge >= 0.3 is 6.03 Å². The number of ether oxygens (including phenoxy) is 1. The van der Waals surface area contributed by atoms with Gasteiger partial charge in [-0.15, -0.1) is 11.8 Å². The van der Waals surface area contributed by atoms with Crippen LogP contribution >= 0.6 is 11.8 Å². The van der Waals surface area contributed by atoms with Crippen molar-refractivity contribution in [3.63, 3.8) is 0 Å². The summed E-state index contributed by atoms with van der Waals surface area (Å²) in [5, 5.41) is 5.82. The maximum Gasteiger partial charge on any atom is 0.319 e. The Labute approximate surface area is 205 Å². The van der Waals surface area contributed by atoms with E-state index < -0.39 is 0 Å². The lowest BCUT2D eigenvalue weighted by Crippen LogP contribution is -2.39. The molecule has 0 radical (unpaired) electrons. The number of rotatable bonds is 11. The standard InChI is InChI=1S/C26H32N4O3S/c31-26(27-13-16-30-14-5-2-6-15-30)29-22-11-9-21(10-12-22)24-19-28-25(33-24)20-34-18-17-32-23-7-3-1-4-8-23/h1,3-4,7-12,19H,2,5-6,13-18,20H2,(H2,27,29,31). The highest BCUT2D eigenvalue weighted by Gasteiger charge is 2.11. The molecule has 0 spiro atoms. The molecule has 1 aliphatic rings. The van der Waals surface area contributed by atoms with Crippen molar-refractivity contribution in [1.82, 2.24) is 15.2 Å². The molecule has 2 heterocycles. The van der Waals surface area contributed by atoms with E-state index in [1.54, 1.807) is 18.0 Å². The van der Waals surface area contributed by atoms with Gasteiger partial charge in [-0.05, 0) is 62.3 Å². The third kappa shape index (κ3) is 7.81. The first-order valence-corrected chi connectivity index (χ1v) is 13.0. The normalized spacial score (nSPS) is 14.0. The summed E-state index contributed by atoms with van der Waals surface area (Å²) in [6.07, 6.45) is 5.58. The molecule has 0 atom stereocenters. The summed E-state index contributed by atoms with van der Waals surface area (Å²) >= 11 is 1.72. The lowest BCUT2D eigenvalue weighted by atomic mass is 10.1. The first kappa shape index (κ1) is 24.2. The predicted octanol–water partition coefficient (Wildman–Crippen LogP) is 5.26. The zero-order valence-electron chi connectivity index (χ0n) is 19.4. The molecule has 0 saturated carbocycles. The summed E-state index contributed by atoms with van der Waals surface area (Å²) in [6, 6.07) is 17.2. The lowest BCUT2D eigenvalue weighted by Gasteiger charge is -2.26. The van der Waals surface area contributed by atoms with Crippen molar-refractivity contribution in [2.24, 2.45) is 0 Å². The Balaban J connectivity index is 1.15. The SMILES string of the molecule is O=C(NCCN1CCCCC1)Nc1ccc(-c2cnc(CSCCOc3ccccc3)o2)cc1. The topological polar surface area (TPSA) is 79.6 Å². The molecule has 1 fully saturated rings. The maximum absolute atomic E-state index is 12.2. The second kappa shape index (κ2) is 13.1. The highest BCUT2D eigenvalue weighted by atomic mass is 32.2. The highest BCUT2D eigenvalue weighted by molar-refractivity contribution is 7.98. The minimum Gasteiger partial charge on any atom is -0.493 e. The fourth-order valence-corrected chi connectivity index (χ4v) is 4.46. The van der Waals surface area contributed by atoms with Crippen LogP contribution in [0.4, 0.5) is 10.5 Å². The molecule has 4 rings (SSSR count). The first-order chi connectivity index (χ1) is 16.8. The number of piperidine rings is 1. The van der Waals surface area contributed by atoms with Gasteiger partial charge in [0, 0.05) is 30.1 Å². The van der Waals surface area contributed by atoms with Gasteiger partial charge in [0.1, 0.15) is 5.75 Å². The third-order valence-electron chi connectivity index (χ3n) is 5.61. The highest BCUT2D eigenvalue weighted by Crippen LogP contribution is 2.24. The van der Waals surface area contributed by atoms with Crippen molar-refractivity contribution in [3.8, 4) is 17.1 Å². The number of oxazole rings is 1. The van der Waals surface area contributed by atoms with E-state index in [-0.39, 0.29) is 6.03 Å². The smallest absolute Gasteiger partial charge is 0.319 e. The van der Waals surface area contributed by atoms with Crippen LogP contribution in [-0.2, 0) is 5.75 Å². The average molecular weight is 481 g/mol. The molecular formula is C26H32N4O3S. The van der Waals surface area contributed by atoms with Crippen LogP contribution in [0, 0.1) is 0 Å². The van der Waals surface area contributed by atoms with Crippen molar-refractivity contribution in [2.45, 2.75) is 25.0 Å². The summed E-state index contributed by atoms with van der Waals surface area (Å²) in [5.74, 6) is 3.83. The van der Waals surface area contributed by atoms with E-state index in [1.807, 2.05) is 54.6 Å². The Morgan fingerprint density at radius 2 is 1.85 bits per heavy atom. The van der Waals surface area contributed by atoms with E-state index in [0.717, 1.165) is 42.4 Å². The Bertz CT molecular complexity index is 1000. The lowest BCUT2D eigenvalue weighted by molar-refractivity contribution is 0.224. The average Bonchev–Trinajstić information content (AvgIpc) is 3.34. The van der Waals surface area contributed by atoms with Gasteiger partial charge in [-0.1, -0.05) is 24.6 Å². The van der Waals surface area contributed by atoms with Crippen molar-refractivity contribution >= 4 is 23.5 Å². The number of urea groups is 1. The van der Waals surface area contributed by atoms with Gasteiger partial charge in [-0.25, -0.2) is 9.78 Å². The number of amides is 2. The maximum atomic E-state index is 12.2. The van der Waals surface area contributed by atoms with Gasteiger partial charge in [-0.3, -0.25) is 0 Å². The van der Waals surface area contributed by atoms with E-state index in [9.17, 15) is 4.79 Å². The quantitative estimate of drug-likeness (QED) is 0.365. The zero-order valence-corrected chi connectivity index (χ0v) is 20.2. The molecular weight excluding hydrogens is 448 g/mol. The van der Waals surface area contributed by atoms with Gasteiger partial charge in [-0.2, -0.15) is 0 Å². The largest absolute Gasteiger partial charge is 0.493 e. The fraction of sp³-hybridized carbons (Fsp3) is 0.385. The van der Waals surface area contributed by atoms with Crippen LogP contribution in [0.2, 0.25) is 0 Å². The summed E-state index contributed by atoms with van der Waals surface area (Å²) in [5.41, 5.74) is 1.67. The van der Waals surface area contributed by atoms with Crippen molar-refractivity contribution in [1.29, 1.82) is 0 Å². The number of thioether (sulfide) groups is 1. The van der Waals surface area contributed by atoms with E-state index in [0.29, 0.717) is 30.6 Å². The molecule has 8 heteroatoms. The molecule has 2 N–H and O–H groups in total. The number of anilines is 1. The molecule has 0 unspecified atom stereocenters. The summed E-state index contributed by atoms with van der Waals surface area (Å²) < 4.78 is 11.6. The van der Waals surface area contributed by atoms with Crippen LogP contribution in [0.1, 0.15) is 25.2 Å². The zero-order chi connectivity index (χ0) is 23.4. The molecule has 1 aliphatic heterocycles. The number of benzene rings is 2. The third-order valence-corrected chi connectivity index (χ3v) is 6.51. The van der Waals surface area contributed by atoms with E-state index in [1.165, 1.54) is 19.3 Å². The second-order valence-corrected chi connectivity index (χ2v) is 9.30. The van der Waals surface area contributed by atoms with Crippen LogP contribution in [0.5, 0.6) is 5.75 Å². The van der Waals surface area contributed by atoms with Crippen LogP contribution < -0.4 is 15.4 Å². The monoisotopic (exact) mass is 480 g/mol. The van der Waals surface area contributed by atoms with Gasteiger partial charge in [0.2, 0.25) is 5.89 Å². The number of likely N-dealkylation sites (tertiary alicyclic amines) is 1. The molecule has 1 saturated heterocycles. The van der Waals surface area contributed by atoms with Crippen molar-refractivity contribution in [2.75, 3.05) is 43.9 Å². The number of aromatic nitrogens is 1. The molecule has 3 aromatic rings. The molecule has 2 aromatic carbocycles. The Morgan fingerprint density at radius 3 is 2.65 bits per heavy atom. The predicted molar refractivity (Wildman–Crippen MR) is 137 cm³/mol. The molecule has 180 valence electrons. The summed E-state index contributed by atoms with van der Waals surface area (Å²) in [7, 11) is 0. The Morgan fingerprint density at radius 1 is 1.06 bits per heavy atom. The van der Waals surface area contributed by atoms with Crippen LogP contribution in [0.3, 0.4) is 0 Å². The van der Waals surface area contributed by atoms with E-state index in [4.69, 9.17) is 9.15 Å². The minimum atomic E-state index is -0.181. The van der Waals surface area contributed by atoms with Gasteiger partial charge in [0.15, 0.2) is 5.76 Å². The second-order valence-electron chi connectivity index (χ2n) is 8.19. The van der Waals surface area contributed by atoms with E-state index >= 15 is 0 Å². The number of carbonyl (C=O) groups is 1. The molecule has 7 nitrogen and oxygen atoms in total. The van der Waals surface area contributed by atoms with Crippen LogP contribution in [-0.4, -0.2) is 54.5 Å². The van der Waals surface area contributed by atoms with Crippen molar-refractivity contribution < 1.29 is 13.9 Å². The number of hydrogen-bond donors (Lipinski definition) is 2. The number of carbonyl (C=O) groups excluding carboxylic acids is 1. The van der Waals surface area contributed by atoms with Gasteiger partial charge in [0.25, 0.3) is 0 Å². The first-order valence-electron chi connectivity index (χ1n) is 11.8. The van der Waals surface area contributed by atoms with E-state index in [2.05, 4.69) is 20.5 Å². The Hall–Kier alpha value is -2.97. The van der Waals surface area contributed by atoms with Gasteiger partial charge in [0.05, 0.1) is 18.6 Å². The fourth-order valence-electron chi connectivity index (χ4n) is 3.81. The number of para-hydroxylation sites is 1. The number of nitrogens with zero attached hydrogens (tertiary/aromatic N) is 2. The molecule has 0 bridgehead atoms. The van der Waals surface area contributed by atoms with Gasteiger partial charge < -0.3 is 24.7 Å². The molecule has 0 aliphatic carbocycles. The molecule has 1 aromatic heterocycles. The summed E-state index contributed by atoms with van der Waals surface area (Å²) in [4.78, 5) is 18.9. The Kier molecular flexibility index (Phi) is 9.28. The minimum absolute atomic E-state index is 0.181. The number of nitrogens with one attached hydrogen (secondary N) is 2. The molecule has 34 heavy (non-hydrogen) atoms. The summed E-state index contributed by atoms with van der Waals surface area (Å²) in [6.45, 7) is 4.47. The van der Waals surface area contributed by atoms with Crippen molar-refractivity contribution in [3.05, 3.63) is 66.7 Å².